The number of rotatable bonds is 4. The van der Waals surface area contributed by atoms with E-state index in [4.69, 9.17) is 4.74 Å². The van der Waals surface area contributed by atoms with Crippen LogP contribution >= 0.6 is 24.0 Å². The highest BCUT2D eigenvalue weighted by Gasteiger charge is 2.18. The first-order valence-corrected chi connectivity index (χ1v) is 7.28. The normalized spacial score (nSPS) is 18.9. The molecule has 1 saturated heterocycles. The molecule has 5 nitrogen and oxygen atoms in total. The van der Waals surface area contributed by atoms with Crippen LogP contribution in [-0.4, -0.2) is 49.1 Å². The molecule has 0 saturated carbocycles. The van der Waals surface area contributed by atoms with Gasteiger partial charge in [0.05, 0.1) is 12.7 Å². The Kier molecular flexibility index (Phi) is 8.41. The molecule has 1 aliphatic rings. The molecule has 1 aliphatic heterocycles. The predicted octanol–water partition coefficient (Wildman–Crippen LogP) is 2.39. The molecular formula is C15H25IN4O. The number of hydrogen-bond acceptors (Lipinski definition) is 3. The molecule has 1 aromatic rings. The van der Waals surface area contributed by atoms with Gasteiger partial charge in [-0.3, -0.25) is 9.98 Å². The van der Waals surface area contributed by atoms with Crippen LogP contribution in [0.5, 0.6) is 5.75 Å². The molecule has 0 amide bonds. The molecule has 2 heterocycles. The largest absolute Gasteiger partial charge is 0.490 e. The predicted molar refractivity (Wildman–Crippen MR) is 96.5 cm³/mol. The Hall–Kier alpha value is -1.05. The summed E-state index contributed by atoms with van der Waals surface area (Å²) >= 11 is 0. The van der Waals surface area contributed by atoms with E-state index in [0.717, 1.165) is 37.3 Å². The van der Waals surface area contributed by atoms with Gasteiger partial charge in [0.2, 0.25) is 0 Å². The maximum Gasteiger partial charge on any atom is 0.193 e. The Labute approximate surface area is 144 Å². The molecule has 0 spiro atoms. The highest BCUT2D eigenvalue weighted by Crippen LogP contribution is 2.15. The smallest absolute Gasteiger partial charge is 0.193 e. The van der Waals surface area contributed by atoms with Crippen molar-refractivity contribution >= 4 is 29.9 Å². The molecule has 21 heavy (non-hydrogen) atoms. The van der Waals surface area contributed by atoms with Crippen LogP contribution in [0.4, 0.5) is 0 Å². The van der Waals surface area contributed by atoms with Crippen LogP contribution in [0.3, 0.4) is 0 Å². The number of nitrogens with one attached hydrogen (secondary N) is 1. The molecule has 1 atom stereocenters. The molecule has 0 bridgehead atoms. The molecule has 0 aliphatic carbocycles. The van der Waals surface area contributed by atoms with Crippen molar-refractivity contribution in [3.05, 3.63) is 24.5 Å². The monoisotopic (exact) mass is 404 g/mol. The second kappa shape index (κ2) is 9.81. The van der Waals surface area contributed by atoms with Crippen molar-refractivity contribution in [1.82, 2.24) is 15.2 Å². The zero-order valence-electron chi connectivity index (χ0n) is 12.8. The average Bonchev–Trinajstić information content (AvgIpc) is 2.48. The van der Waals surface area contributed by atoms with Crippen LogP contribution in [0.2, 0.25) is 0 Å². The molecule has 0 aromatic carbocycles. The number of aliphatic imine (C=N–C) groups is 1. The molecule has 2 rings (SSSR count). The van der Waals surface area contributed by atoms with Crippen molar-refractivity contribution in [1.29, 1.82) is 0 Å². The third kappa shape index (κ3) is 6.07. The number of pyridine rings is 1. The Morgan fingerprint density at radius 3 is 3.10 bits per heavy atom. The van der Waals surface area contributed by atoms with Gasteiger partial charge in [-0.15, -0.1) is 24.0 Å². The quantitative estimate of drug-likeness (QED) is 0.363. The lowest BCUT2D eigenvalue weighted by molar-refractivity contribution is 0.262. The summed E-state index contributed by atoms with van der Waals surface area (Å²) in [5.41, 5.74) is 0. The van der Waals surface area contributed by atoms with E-state index in [-0.39, 0.29) is 24.0 Å². The third-order valence-electron chi connectivity index (χ3n) is 3.46. The van der Waals surface area contributed by atoms with Crippen molar-refractivity contribution in [2.45, 2.75) is 19.8 Å². The van der Waals surface area contributed by atoms with Crippen LogP contribution in [-0.2, 0) is 0 Å². The van der Waals surface area contributed by atoms with Crippen molar-refractivity contribution in [2.24, 2.45) is 10.9 Å². The Morgan fingerprint density at radius 1 is 1.57 bits per heavy atom. The summed E-state index contributed by atoms with van der Waals surface area (Å²) < 4.78 is 5.61. The first kappa shape index (κ1) is 18.0. The van der Waals surface area contributed by atoms with Crippen molar-refractivity contribution < 1.29 is 4.74 Å². The zero-order valence-corrected chi connectivity index (χ0v) is 15.1. The van der Waals surface area contributed by atoms with Crippen LogP contribution in [0.25, 0.3) is 0 Å². The van der Waals surface area contributed by atoms with Gasteiger partial charge >= 0.3 is 0 Å². The molecule has 1 unspecified atom stereocenters. The molecule has 118 valence electrons. The number of guanidine groups is 1. The van der Waals surface area contributed by atoms with E-state index in [9.17, 15) is 0 Å². The summed E-state index contributed by atoms with van der Waals surface area (Å²) in [4.78, 5) is 10.7. The summed E-state index contributed by atoms with van der Waals surface area (Å²) in [5.74, 6) is 2.52. The average molecular weight is 404 g/mol. The highest BCUT2D eigenvalue weighted by molar-refractivity contribution is 14.0. The fourth-order valence-electron chi connectivity index (χ4n) is 2.48. The van der Waals surface area contributed by atoms with Crippen molar-refractivity contribution in [3.63, 3.8) is 0 Å². The molecule has 1 fully saturated rings. The minimum Gasteiger partial charge on any atom is -0.490 e. The van der Waals surface area contributed by atoms with Crippen LogP contribution < -0.4 is 10.1 Å². The van der Waals surface area contributed by atoms with Gasteiger partial charge in [-0.2, -0.15) is 0 Å². The Bertz CT molecular complexity index is 427. The second-order valence-electron chi connectivity index (χ2n) is 5.20. The molecule has 6 heteroatoms. The standard InChI is InChI=1S/C15H24N4O.HI/c1-13-5-4-9-19(12-13)15(16-2)18-8-10-20-14-6-3-7-17-11-14;/h3,6-7,11,13H,4-5,8-10,12H2,1-2H3,(H,16,18);1H. The van der Waals surface area contributed by atoms with E-state index >= 15 is 0 Å². The summed E-state index contributed by atoms with van der Waals surface area (Å²) in [7, 11) is 1.84. The number of piperidine rings is 1. The minimum absolute atomic E-state index is 0. The lowest BCUT2D eigenvalue weighted by atomic mass is 10.0. The lowest BCUT2D eigenvalue weighted by Crippen LogP contribution is -2.47. The third-order valence-corrected chi connectivity index (χ3v) is 3.46. The maximum absolute atomic E-state index is 5.61. The Morgan fingerprint density at radius 2 is 2.43 bits per heavy atom. The van der Waals surface area contributed by atoms with Crippen molar-refractivity contribution in [2.75, 3.05) is 33.3 Å². The molecule has 1 N–H and O–H groups in total. The summed E-state index contributed by atoms with van der Waals surface area (Å²) in [6, 6.07) is 3.78. The summed E-state index contributed by atoms with van der Waals surface area (Å²) in [6.45, 7) is 5.82. The molecule has 0 radical (unpaired) electrons. The van der Waals surface area contributed by atoms with Gasteiger partial charge in [0.15, 0.2) is 5.96 Å². The number of likely N-dealkylation sites (tertiary alicyclic amines) is 1. The number of halogens is 1. The Balaban J connectivity index is 0.00000220. The van der Waals surface area contributed by atoms with Crippen LogP contribution in [0.15, 0.2) is 29.5 Å². The maximum atomic E-state index is 5.61. The van der Waals surface area contributed by atoms with Gasteiger partial charge in [-0.05, 0) is 30.9 Å². The van der Waals surface area contributed by atoms with Crippen LogP contribution in [0.1, 0.15) is 19.8 Å². The van der Waals surface area contributed by atoms with Gasteiger partial charge < -0.3 is 15.0 Å². The number of hydrogen-bond donors (Lipinski definition) is 1. The van der Waals surface area contributed by atoms with E-state index < -0.39 is 0 Å². The first-order chi connectivity index (χ1) is 9.79. The van der Waals surface area contributed by atoms with Gasteiger partial charge in [-0.1, -0.05) is 6.92 Å². The van der Waals surface area contributed by atoms with E-state index in [2.05, 4.69) is 27.1 Å². The fourth-order valence-corrected chi connectivity index (χ4v) is 2.48. The van der Waals surface area contributed by atoms with E-state index in [1.165, 1.54) is 12.8 Å². The SMILES string of the molecule is CN=C(NCCOc1cccnc1)N1CCCC(C)C1.I. The highest BCUT2D eigenvalue weighted by atomic mass is 127. The summed E-state index contributed by atoms with van der Waals surface area (Å²) in [6.07, 6.45) is 6.03. The van der Waals surface area contributed by atoms with E-state index in [1.807, 2.05) is 19.2 Å². The topological polar surface area (TPSA) is 49.8 Å². The summed E-state index contributed by atoms with van der Waals surface area (Å²) in [5, 5.41) is 3.36. The minimum atomic E-state index is 0. The first-order valence-electron chi connectivity index (χ1n) is 7.28. The van der Waals surface area contributed by atoms with Gasteiger partial charge in [0.25, 0.3) is 0 Å². The number of nitrogens with zero attached hydrogens (tertiary/aromatic N) is 3. The number of aromatic nitrogens is 1. The van der Waals surface area contributed by atoms with Crippen LogP contribution in [0, 0.1) is 5.92 Å². The lowest BCUT2D eigenvalue weighted by Gasteiger charge is -2.33. The molecule has 1 aromatic heterocycles. The van der Waals surface area contributed by atoms with Crippen molar-refractivity contribution in [3.8, 4) is 5.75 Å². The molecular weight excluding hydrogens is 379 g/mol. The second-order valence-corrected chi connectivity index (χ2v) is 5.20. The fraction of sp³-hybridized carbons (Fsp3) is 0.600. The zero-order chi connectivity index (χ0) is 14.2. The van der Waals surface area contributed by atoms with E-state index in [0.29, 0.717) is 6.61 Å². The van der Waals surface area contributed by atoms with Gasteiger partial charge in [0.1, 0.15) is 12.4 Å². The van der Waals surface area contributed by atoms with Gasteiger partial charge in [-0.25, -0.2) is 0 Å². The van der Waals surface area contributed by atoms with Gasteiger partial charge in [0, 0.05) is 26.3 Å². The number of ether oxygens (including phenoxy) is 1. The van der Waals surface area contributed by atoms with E-state index in [1.54, 1.807) is 12.4 Å².